The molecule has 3 saturated carbocycles. The van der Waals surface area contributed by atoms with Gasteiger partial charge in [0.1, 0.15) is 17.2 Å². The summed E-state index contributed by atoms with van der Waals surface area (Å²) in [6, 6.07) is 4.06. The monoisotopic (exact) mass is 542 g/mol. The second kappa shape index (κ2) is 11.1. The molecule has 1 saturated heterocycles. The number of fused-ring (bicyclic) bond motifs is 5. The summed E-state index contributed by atoms with van der Waals surface area (Å²) in [6.07, 6.45) is 13.2. The van der Waals surface area contributed by atoms with Gasteiger partial charge in [0, 0.05) is 32.1 Å². The normalized spacial score (nSPS) is 35.8. The van der Waals surface area contributed by atoms with Gasteiger partial charge in [-0.3, -0.25) is 9.59 Å². The van der Waals surface area contributed by atoms with E-state index >= 15 is 0 Å². The van der Waals surface area contributed by atoms with Crippen molar-refractivity contribution < 1.29 is 18.4 Å². The molecule has 1 aromatic carbocycles. The minimum Gasteiger partial charge on any atom is -0.342 e. The van der Waals surface area contributed by atoms with Gasteiger partial charge in [-0.2, -0.15) is 0 Å². The van der Waals surface area contributed by atoms with Gasteiger partial charge in [0.15, 0.2) is 0 Å². The van der Waals surface area contributed by atoms with E-state index in [0.717, 1.165) is 70.6 Å². The Balaban J connectivity index is 1.41. The fourth-order valence-electron chi connectivity index (χ4n) is 9.77. The summed E-state index contributed by atoms with van der Waals surface area (Å²) in [4.78, 5) is 30.3. The van der Waals surface area contributed by atoms with Crippen LogP contribution >= 0.6 is 0 Å². The van der Waals surface area contributed by atoms with Gasteiger partial charge in [-0.15, -0.1) is 0 Å². The van der Waals surface area contributed by atoms with Crippen molar-refractivity contribution in [3.8, 4) is 0 Å². The van der Waals surface area contributed by atoms with Gasteiger partial charge in [-0.1, -0.05) is 52.5 Å². The van der Waals surface area contributed by atoms with Crippen LogP contribution < -0.4 is 0 Å². The molecular formula is C33H48F2N2O2. The van der Waals surface area contributed by atoms with E-state index in [4.69, 9.17) is 0 Å². The lowest BCUT2D eigenvalue weighted by Crippen LogP contribution is -2.62. The maximum Gasteiger partial charge on any atom is 0.260 e. The van der Waals surface area contributed by atoms with Crippen molar-refractivity contribution in [2.24, 2.45) is 28.6 Å². The Kier molecular flexibility index (Phi) is 8.14. The number of hydrogen-bond donors (Lipinski definition) is 0. The van der Waals surface area contributed by atoms with Crippen molar-refractivity contribution in [2.75, 3.05) is 13.6 Å². The number of piperidine rings is 1. The molecule has 1 aliphatic heterocycles. The van der Waals surface area contributed by atoms with Crippen LogP contribution in [0.4, 0.5) is 8.78 Å². The van der Waals surface area contributed by atoms with Crippen LogP contribution in [0.1, 0.15) is 115 Å². The molecule has 3 aliphatic carbocycles. The van der Waals surface area contributed by atoms with Crippen molar-refractivity contribution in [3.05, 3.63) is 35.4 Å². The zero-order valence-corrected chi connectivity index (χ0v) is 24.5. The topological polar surface area (TPSA) is 40.6 Å². The predicted molar refractivity (Wildman–Crippen MR) is 150 cm³/mol. The van der Waals surface area contributed by atoms with Gasteiger partial charge in [-0.05, 0) is 92.1 Å². The lowest BCUT2D eigenvalue weighted by atomic mass is 9.47. The molecule has 0 spiro atoms. The van der Waals surface area contributed by atoms with E-state index in [9.17, 15) is 18.4 Å². The Hall–Kier alpha value is -1.98. The van der Waals surface area contributed by atoms with E-state index in [1.165, 1.54) is 24.6 Å². The highest BCUT2D eigenvalue weighted by Crippen LogP contribution is 2.65. The molecule has 1 aromatic rings. The lowest BCUT2D eigenvalue weighted by molar-refractivity contribution is -0.158. The Morgan fingerprint density at radius 1 is 0.949 bits per heavy atom. The van der Waals surface area contributed by atoms with Crippen molar-refractivity contribution >= 4 is 11.8 Å². The molecule has 0 radical (unpaired) electrons. The second-order valence-corrected chi connectivity index (χ2v) is 13.6. The van der Waals surface area contributed by atoms with Gasteiger partial charge in [0.2, 0.25) is 5.91 Å². The standard InChI is InChI=1S/C33H48F2N2O2/c1-5-6-7-8-9-21-37(31(39)30-25(34)11-10-12-26(30)35)28-16-14-23-22-13-15-27-32(2,20-18-29(38)36(27)4)24(22)17-19-33(23,28)3/h10-12,22-24,27-28H,5-9,13-21H2,1-4H3/t22-,23-,24-,27+,28-,32+,33-/m0/s1. The maximum atomic E-state index is 14.8. The number of benzene rings is 1. The fourth-order valence-corrected chi connectivity index (χ4v) is 9.77. The van der Waals surface area contributed by atoms with Crippen LogP contribution in [-0.4, -0.2) is 47.3 Å². The average molecular weight is 543 g/mol. The first-order chi connectivity index (χ1) is 18.6. The smallest absolute Gasteiger partial charge is 0.260 e. The lowest BCUT2D eigenvalue weighted by Gasteiger charge is -2.62. The maximum absolute atomic E-state index is 14.8. The van der Waals surface area contributed by atoms with E-state index in [0.29, 0.717) is 36.8 Å². The number of unbranched alkanes of at least 4 members (excludes halogenated alkanes) is 4. The number of likely N-dealkylation sites (tertiary alicyclic amines) is 1. The summed E-state index contributed by atoms with van der Waals surface area (Å²) >= 11 is 0. The van der Waals surface area contributed by atoms with E-state index in [1.54, 1.807) is 0 Å². The molecule has 0 aromatic heterocycles. The highest BCUT2D eigenvalue weighted by atomic mass is 19.1. The summed E-state index contributed by atoms with van der Waals surface area (Å²) in [5, 5.41) is 0. The minimum absolute atomic E-state index is 0.00210. The number of rotatable bonds is 8. The van der Waals surface area contributed by atoms with Crippen LogP contribution in [0.15, 0.2) is 18.2 Å². The Morgan fingerprint density at radius 3 is 2.36 bits per heavy atom. The first-order valence-corrected chi connectivity index (χ1v) is 15.6. The van der Waals surface area contributed by atoms with Crippen LogP contribution in [0, 0.1) is 40.2 Å². The zero-order chi connectivity index (χ0) is 27.9. The van der Waals surface area contributed by atoms with E-state index in [1.807, 2.05) is 16.8 Å². The molecule has 4 fully saturated rings. The molecule has 2 amide bonds. The summed E-state index contributed by atoms with van der Waals surface area (Å²) in [5.41, 5.74) is -0.299. The number of halogens is 2. The van der Waals surface area contributed by atoms with Gasteiger partial charge in [0.05, 0.1) is 0 Å². The van der Waals surface area contributed by atoms with Gasteiger partial charge < -0.3 is 9.80 Å². The van der Waals surface area contributed by atoms with Gasteiger partial charge in [-0.25, -0.2) is 8.78 Å². The number of carbonyl (C=O) groups is 2. The van der Waals surface area contributed by atoms with Crippen LogP contribution in [0.2, 0.25) is 0 Å². The SMILES string of the molecule is CCCCCCCN(C(=O)c1c(F)cccc1F)[C@H]1CC[C@H]2[C@@H]3CC[C@H]4N(C)C(=O)CC[C@]4(C)[C@H]3CC[C@]12C. The largest absolute Gasteiger partial charge is 0.342 e. The summed E-state index contributed by atoms with van der Waals surface area (Å²) in [6.45, 7) is 7.54. The minimum atomic E-state index is -0.762. The van der Waals surface area contributed by atoms with Crippen LogP contribution in [0.5, 0.6) is 0 Å². The molecule has 4 aliphatic rings. The van der Waals surface area contributed by atoms with Crippen molar-refractivity contribution in [3.63, 3.8) is 0 Å². The third-order valence-electron chi connectivity index (χ3n) is 11.8. The third kappa shape index (κ3) is 4.82. The zero-order valence-electron chi connectivity index (χ0n) is 24.5. The fraction of sp³-hybridized carbons (Fsp3) is 0.758. The molecule has 6 heteroatoms. The molecule has 39 heavy (non-hydrogen) atoms. The summed E-state index contributed by atoms with van der Waals surface area (Å²) < 4.78 is 29.7. The van der Waals surface area contributed by atoms with Crippen molar-refractivity contribution in [2.45, 2.75) is 116 Å². The number of nitrogens with zero attached hydrogens (tertiary/aromatic N) is 2. The molecule has 5 rings (SSSR count). The predicted octanol–water partition coefficient (Wildman–Crippen LogP) is 7.61. The van der Waals surface area contributed by atoms with Gasteiger partial charge in [0.25, 0.3) is 5.91 Å². The first-order valence-electron chi connectivity index (χ1n) is 15.6. The van der Waals surface area contributed by atoms with E-state index in [2.05, 4.69) is 20.8 Å². The average Bonchev–Trinajstić information content (AvgIpc) is 3.25. The van der Waals surface area contributed by atoms with Crippen LogP contribution in [0.3, 0.4) is 0 Å². The number of carbonyl (C=O) groups excluding carboxylic acids is 2. The van der Waals surface area contributed by atoms with Gasteiger partial charge >= 0.3 is 0 Å². The molecule has 4 nitrogen and oxygen atoms in total. The second-order valence-electron chi connectivity index (χ2n) is 13.6. The Morgan fingerprint density at radius 2 is 1.64 bits per heavy atom. The summed E-state index contributed by atoms with van der Waals surface area (Å²) in [5.74, 6) is -0.0377. The van der Waals surface area contributed by atoms with Crippen LogP contribution in [-0.2, 0) is 4.79 Å². The van der Waals surface area contributed by atoms with Crippen molar-refractivity contribution in [1.82, 2.24) is 9.80 Å². The van der Waals surface area contributed by atoms with E-state index in [-0.39, 0.29) is 22.8 Å². The first kappa shape index (κ1) is 28.5. The summed E-state index contributed by atoms with van der Waals surface area (Å²) in [7, 11) is 2.00. The highest BCUT2D eigenvalue weighted by molar-refractivity contribution is 5.95. The molecule has 1 heterocycles. The van der Waals surface area contributed by atoms with Crippen LogP contribution in [0.25, 0.3) is 0 Å². The third-order valence-corrected chi connectivity index (χ3v) is 11.8. The molecule has 7 atom stereocenters. The molecule has 0 bridgehead atoms. The quantitative estimate of drug-likeness (QED) is 0.317. The van der Waals surface area contributed by atoms with Crippen molar-refractivity contribution in [1.29, 1.82) is 0 Å². The highest BCUT2D eigenvalue weighted by Gasteiger charge is 2.62. The Labute approximate surface area is 233 Å². The number of amides is 2. The molecular weight excluding hydrogens is 494 g/mol. The molecule has 0 unspecified atom stereocenters. The van der Waals surface area contributed by atoms with E-state index < -0.39 is 23.1 Å². The number of hydrogen-bond acceptors (Lipinski definition) is 2. The molecule has 216 valence electrons. The molecule has 0 N–H and O–H groups in total. The Bertz CT molecular complexity index is 1060.